The Morgan fingerprint density at radius 2 is 2.17 bits per heavy atom. The number of anilines is 2. The van der Waals surface area contributed by atoms with Gasteiger partial charge in [-0.1, -0.05) is 6.07 Å². The Kier molecular flexibility index (Phi) is 5.38. The summed E-state index contributed by atoms with van der Waals surface area (Å²) >= 11 is 0. The SMILES string of the molecule is O=C(c1cccc(Nc2cnccn2)c1)N(CCCCO)C1CC1. The number of hydrogen-bond donors (Lipinski definition) is 2. The third-order valence-electron chi connectivity index (χ3n) is 4.00. The Balaban J connectivity index is 1.70. The molecule has 0 atom stereocenters. The molecule has 2 N–H and O–H groups in total. The first kappa shape index (κ1) is 16.4. The number of nitrogens with one attached hydrogen (secondary N) is 1. The number of carbonyl (C=O) groups excluding carboxylic acids is 1. The molecule has 24 heavy (non-hydrogen) atoms. The summed E-state index contributed by atoms with van der Waals surface area (Å²) in [6.07, 6.45) is 8.57. The van der Waals surface area contributed by atoms with Crippen LogP contribution in [0.15, 0.2) is 42.9 Å². The Hall–Kier alpha value is -2.47. The molecule has 0 bridgehead atoms. The molecule has 1 saturated carbocycles. The molecule has 1 amide bonds. The molecule has 1 aromatic heterocycles. The number of aromatic nitrogens is 2. The average Bonchev–Trinajstić information content (AvgIpc) is 3.44. The van der Waals surface area contributed by atoms with E-state index in [4.69, 9.17) is 5.11 Å². The standard InChI is InChI=1S/C18H22N4O2/c23-11-2-1-10-22(16-6-7-16)18(24)14-4-3-5-15(12-14)21-17-13-19-8-9-20-17/h3-5,8-9,12-13,16,23H,1-2,6-7,10-11H2,(H,20,21). The van der Waals surface area contributed by atoms with Crippen molar-refractivity contribution in [2.45, 2.75) is 31.7 Å². The van der Waals surface area contributed by atoms with Gasteiger partial charge in [0.15, 0.2) is 0 Å². The van der Waals surface area contributed by atoms with Gasteiger partial charge in [0.25, 0.3) is 5.91 Å². The van der Waals surface area contributed by atoms with Crippen molar-refractivity contribution in [3.05, 3.63) is 48.4 Å². The van der Waals surface area contributed by atoms with E-state index in [1.807, 2.05) is 29.2 Å². The van der Waals surface area contributed by atoms with Crippen LogP contribution in [0.4, 0.5) is 11.5 Å². The zero-order valence-corrected chi connectivity index (χ0v) is 13.6. The highest BCUT2D eigenvalue weighted by molar-refractivity contribution is 5.95. The summed E-state index contributed by atoms with van der Waals surface area (Å²) in [5.41, 5.74) is 1.48. The van der Waals surface area contributed by atoms with E-state index < -0.39 is 0 Å². The van der Waals surface area contributed by atoms with Crippen LogP contribution in [0.2, 0.25) is 0 Å². The molecule has 0 unspecified atom stereocenters. The van der Waals surface area contributed by atoms with Crippen molar-refractivity contribution in [2.24, 2.45) is 0 Å². The van der Waals surface area contributed by atoms with E-state index in [0.717, 1.165) is 31.4 Å². The minimum absolute atomic E-state index is 0.0539. The molecule has 1 aliphatic carbocycles. The number of aliphatic hydroxyl groups is 1. The number of benzene rings is 1. The first-order chi connectivity index (χ1) is 11.8. The van der Waals surface area contributed by atoms with Crippen LogP contribution in [0.25, 0.3) is 0 Å². The monoisotopic (exact) mass is 326 g/mol. The van der Waals surface area contributed by atoms with E-state index in [1.165, 1.54) is 0 Å². The summed E-state index contributed by atoms with van der Waals surface area (Å²) in [5, 5.41) is 12.1. The van der Waals surface area contributed by atoms with Crippen molar-refractivity contribution in [2.75, 3.05) is 18.5 Å². The van der Waals surface area contributed by atoms with Crippen molar-refractivity contribution in [3.63, 3.8) is 0 Å². The van der Waals surface area contributed by atoms with Gasteiger partial charge in [-0.2, -0.15) is 0 Å². The minimum Gasteiger partial charge on any atom is -0.396 e. The fourth-order valence-electron chi connectivity index (χ4n) is 2.64. The molecule has 6 nitrogen and oxygen atoms in total. The molecule has 0 radical (unpaired) electrons. The molecule has 1 aliphatic rings. The Labute approximate surface area is 141 Å². The topological polar surface area (TPSA) is 78.4 Å². The van der Waals surface area contributed by atoms with Gasteiger partial charge in [0, 0.05) is 42.8 Å². The fourth-order valence-corrected chi connectivity index (χ4v) is 2.64. The van der Waals surface area contributed by atoms with E-state index >= 15 is 0 Å². The molecule has 126 valence electrons. The third-order valence-corrected chi connectivity index (χ3v) is 4.00. The lowest BCUT2D eigenvalue weighted by atomic mass is 10.1. The second-order valence-electron chi connectivity index (χ2n) is 5.96. The molecule has 0 saturated heterocycles. The van der Waals surface area contributed by atoms with Gasteiger partial charge < -0.3 is 15.3 Å². The minimum atomic E-state index is 0.0539. The van der Waals surface area contributed by atoms with Crippen LogP contribution in [0.5, 0.6) is 0 Å². The average molecular weight is 326 g/mol. The summed E-state index contributed by atoms with van der Waals surface area (Å²) in [5.74, 6) is 0.697. The maximum atomic E-state index is 12.8. The van der Waals surface area contributed by atoms with Crippen molar-refractivity contribution < 1.29 is 9.90 Å². The summed E-state index contributed by atoms with van der Waals surface area (Å²) in [4.78, 5) is 23.0. The van der Waals surface area contributed by atoms with E-state index in [1.54, 1.807) is 18.6 Å². The van der Waals surface area contributed by atoms with E-state index in [2.05, 4.69) is 15.3 Å². The summed E-state index contributed by atoms with van der Waals surface area (Å²) < 4.78 is 0. The Morgan fingerprint density at radius 3 is 2.88 bits per heavy atom. The molecule has 1 heterocycles. The van der Waals surface area contributed by atoms with Crippen LogP contribution in [0, 0.1) is 0 Å². The van der Waals surface area contributed by atoms with E-state index in [-0.39, 0.29) is 12.5 Å². The van der Waals surface area contributed by atoms with Gasteiger partial charge in [-0.25, -0.2) is 4.98 Å². The van der Waals surface area contributed by atoms with Gasteiger partial charge in [-0.05, 0) is 43.9 Å². The number of nitrogens with zero attached hydrogens (tertiary/aromatic N) is 3. The number of aliphatic hydroxyl groups excluding tert-OH is 1. The molecule has 6 heteroatoms. The third kappa shape index (κ3) is 4.29. The van der Waals surface area contributed by atoms with Gasteiger partial charge in [-0.3, -0.25) is 9.78 Å². The van der Waals surface area contributed by atoms with Crippen molar-refractivity contribution in [1.82, 2.24) is 14.9 Å². The van der Waals surface area contributed by atoms with Gasteiger partial charge in [0.1, 0.15) is 5.82 Å². The molecule has 0 spiro atoms. The molecular weight excluding hydrogens is 304 g/mol. The fraction of sp³-hybridized carbons (Fsp3) is 0.389. The van der Waals surface area contributed by atoms with E-state index in [0.29, 0.717) is 24.0 Å². The van der Waals surface area contributed by atoms with Gasteiger partial charge >= 0.3 is 0 Å². The zero-order valence-electron chi connectivity index (χ0n) is 13.6. The highest BCUT2D eigenvalue weighted by Gasteiger charge is 2.32. The van der Waals surface area contributed by atoms with Crippen molar-refractivity contribution >= 4 is 17.4 Å². The quantitative estimate of drug-likeness (QED) is 0.729. The predicted molar refractivity (Wildman–Crippen MR) is 92.1 cm³/mol. The Bertz CT molecular complexity index is 674. The number of carbonyl (C=O) groups is 1. The lowest BCUT2D eigenvalue weighted by Gasteiger charge is -2.22. The highest BCUT2D eigenvalue weighted by atomic mass is 16.3. The molecule has 0 aliphatic heterocycles. The van der Waals surface area contributed by atoms with Gasteiger partial charge in [0.2, 0.25) is 0 Å². The molecule has 1 fully saturated rings. The molecular formula is C18H22N4O2. The first-order valence-corrected chi connectivity index (χ1v) is 8.33. The van der Waals surface area contributed by atoms with Gasteiger partial charge in [0.05, 0.1) is 6.20 Å². The van der Waals surface area contributed by atoms with Crippen LogP contribution in [-0.4, -0.2) is 45.1 Å². The van der Waals surface area contributed by atoms with Crippen LogP contribution in [0.3, 0.4) is 0 Å². The summed E-state index contributed by atoms with van der Waals surface area (Å²) in [6.45, 7) is 0.871. The largest absolute Gasteiger partial charge is 0.396 e. The number of hydrogen-bond acceptors (Lipinski definition) is 5. The van der Waals surface area contributed by atoms with Crippen molar-refractivity contribution in [1.29, 1.82) is 0 Å². The second-order valence-corrected chi connectivity index (χ2v) is 5.96. The summed E-state index contributed by atoms with van der Waals surface area (Å²) in [6, 6.07) is 7.81. The molecule has 2 aromatic rings. The van der Waals surface area contributed by atoms with Crippen LogP contribution < -0.4 is 5.32 Å². The smallest absolute Gasteiger partial charge is 0.254 e. The maximum Gasteiger partial charge on any atom is 0.254 e. The lowest BCUT2D eigenvalue weighted by molar-refractivity contribution is 0.0737. The van der Waals surface area contributed by atoms with Gasteiger partial charge in [-0.15, -0.1) is 0 Å². The van der Waals surface area contributed by atoms with Crippen LogP contribution in [-0.2, 0) is 0 Å². The number of rotatable bonds is 8. The summed E-state index contributed by atoms with van der Waals surface area (Å²) in [7, 11) is 0. The first-order valence-electron chi connectivity index (χ1n) is 8.33. The van der Waals surface area contributed by atoms with Crippen LogP contribution >= 0.6 is 0 Å². The maximum absolute atomic E-state index is 12.8. The number of amides is 1. The van der Waals surface area contributed by atoms with Crippen LogP contribution in [0.1, 0.15) is 36.0 Å². The predicted octanol–water partition coefficient (Wildman–Crippen LogP) is 2.60. The van der Waals surface area contributed by atoms with E-state index in [9.17, 15) is 4.79 Å². The van der Waals surface area contributed by atoms with Crippen molar-refractivity contribution in [3.8, 4) is 0 Å². The molecule has 1 aromatic carbocycles. The highest BCUT2D eigenvalue weighted by Crippen LogP contribution is 2.29. The second kappa shape index (κ2) is 7.88. The number of unbranched alkanes of at least 4 members (excludes halogenated alkanes) is 1. The Morgan fingerprint density at radius 1 is 1.29 bits per heavy atom. The lowest BCUT2D eigenvalue weighted by Crippen LogP contribution is -2.34. The zero-order chi connectivity index (χ0) is 16.8. The molecule has 3 rings (SSSR count). The normalized spacial score (nSPS) is 13.5.